The lowest BCUT2D eigenvalue weighted by atomic mass is 9.91. The van der Waals surface area contributed by atoms with E-state index in [0.29, 0.717) is 30.6 Å². The van der Waals surface area contributed by atoms with E-state index < -0.39 is 5.97 Å². The standard InChI is InChI=1S/C17H28N2O3/c1-7-17(5,6)9-10-19-15(22-12-13(3)4)14(11-18-19)16(20)21-8-2/h9-11,13H,7-8,12H2,1-6H3/b10-9+. The minimum atomic E-state index is -0.407. The molecule has 0 fully saturated rings. The maximum Gasteiger partial charge on any atom is 0.345 e. The van der Waals surface area contributed by atoms with E-state index >= 15 is 0 Å². The zero-order chi connectivity index (χ0) is 16.8. The van der Waals surface area contributed by atoms with Crippen molar-refractivity contribution < 1.29 is 14.3 Å². The number of hydrogen-bond donors (Lipinski definition) is 0. The third-order valence-electron chi connectivity index (χ3n) is 3.38. The lowest BCUT2D eigenvalue weighted by Gasteiger charge is -2.17. The number of esters is 1. The normalized spacial score (nSPS) is 12.1. The van der Waals surface area contributed by atoms with Gasteiger partial charge in [0.2, 0.25) is 5.88 Å². The van der Waals surface area contributed by atoms with Crippen molar-refractivity contribution in [1.29, 1.82) is 0 Å². The van der Waals surface area contributed by atoms with Crippen molar-refractivity contribution in [2.24, 2.45) is 11.3 Å². The van der Waals surface area contributed by atoms with Gasteiger partial charge in [-0.15, -0.1) is 0 Å². The van der Waals surface area contributed by atoms with Gasteiger partial charge in [-0.3, -0.25) is 0 Å². The molecular weight excluding hydrogens is 280 g/mol. The molecule has 5 nitrogen and oxygen atoms in total. The Morgan fingerprint density at radius 3 is 2.64 bits per heavy atom. The number of ether oxygens (including phenoxy) is 2. The highest BCUT2D eigenvalue weighted by Crippen LogP contribution is 2.25. The predicted molar refractivity (Wildman–Crippen MR) is 87.9 cm³/mol. The third kappa shape index (κ3) is 5.20. The fourth-order valence-corrected chi connectivity index (χ4v) is 1.59. The van der Waals surface area contributed by atoms with Crippen LogP contribution < -0.4 is 4.74 Å². The van der Waals surface area contributed by atoms with E-state index in [1.807, 2.05) is 6.20 Å². The Bertz CT molecular complexity index is 516. The van der Waals surface area contributed by atoms with E-state index in [0.717, 1.165) is 6.42 Å². The number of rotatable bonds is 8. The van der Waals surface area contributed by atoms with Crippen LogP contribution in [-0.2, 0) is 4.74 Å². The first kappa shape index (κ1) is 18.3. The maximum atomic E-state index is 12.0. The van der Waals surface area contributed by atoms with Gasteiger partial charge < -0.3 is 9.47 Å². The van der Waals surface area contributed by atoms with Crippen molar-refractivity contribution in [1.82, 2.24) is 9.78 Å². The highest BCUT2D eigenvalue weighted by Gasteiger charge is 2.20. The smallest absolute Gasteiger partial charge is 0.345 e. The van der Waals surface area contributed by atoms with Crippen molar-refractivity contribution in [2.75, 3.05) is 13.2 Å². The third-order valence-corrected chi connectivity index (χ3v) is 3.38. The molecule has 0 amide bonds. The average Bonchev–Trinajstić information content (AvgIpc) is 2.86. The van der Waals surface area contributed by atoms with Crippen LogP contribution in [0.25, 0.3) is 6.20 Å². The fraction of sp³-hybridized carbons (Fsp3) is 0.647. The van der Waals surface area contributed by atoms with E-state index in [2.05, 4.69) is 45.8 Å². The zero-order valence-electron chi connectivity index (χ0n) is 14.5. The molecule has 1 rings (SSSR count). The zero-order valence-corrected chi connectivity index (χ0v) is 14.5. The molecule has 0 saturated carbocycles. The molecule has 0 radical (unpaired) electrons. The molecular formula is C17H28N2O3. The molecule has 1 aromatic rings. The fourth-order valence-electron chi connectivity index (χ4n) is 1.59. The molecule has 0 aromatic carbocycles. The number of aromatic nitrogens is 2. The largest absolute Gasteiger partial charge is 0.477 e. The van der Waals surface area contributed by atoms with Crippen LogP contribution in [0.5, 0.6) is 5.88 Å². The summed E-state index contributed by atoms with van der Waals surface area (Å²) < 4.78 is 12.4. The van der Waals surface area contributed by atoms with Gasteiger partial charge in [-0.2, -0.15) is 5.10 Å². The number of carbonyl (C=O) groups excluding carboxylic acids is 1. The molecule has 0 aliphatic heterocycles. The topological polar surface area (TPSA) is 53.3 Å². The van der Waals surface area contributed by atoms with Crippen LogP contribution in [-0.4, -0.2) is 29.0 Å². The summed E-state index contributed by atoms with van der Waals surface area (Å²) in [6.45, 7) is 13.2. The molecule has 0 aliphatic carbocycles. The Labute approximate surface area is 133 Å². The first-order chi connectivity index (χ1) is 10.3. The average molecular weight is 308 g/mol. The maximum absolute atomic E-state index is 12.0. The predicted octanol–water partition coefficient (Wildman–Crippen LogP) is 4.00. The Morgan fingerprint density at radius 1 is 1.41 bits per heavy atom. The van der Waals surface area contributed by atoms with Gasteiger partial charge in [-0.25, -0.2) is 9.48 Å². The van der Waals surface area contributed by atoms with E-state index in [9.17, 15) is 4.79 Å². The molecule has 1 heterocycles. The lowest BCUT2D eigenvalue weighted by molar-refractivity contribution is 0.0520. The number of nitrogens with zero attached hydrogens (tertiary/aromatic N) is 2. The summed E-state index contributed by atoms with van der Waals surface area (Å²) >= 11 is 0. The van der Waals surface area contributed by atoms with Crippen molar-refractivity contribution in [2.45, 2.75) is 48.0 Å². The van der Waals surface area contributed by atoms with Gasteiger partial charge in [-0.1, -0.05) is 40.7 Å². The molecule has 1 aromatic heterocycles. The van der Waals surface area contributed by atoms with E-state index in [1.54, 1.807) is 11.6 Å². The Hall–Kier alpha value is -1.78. The lowest BCUT2D eigenvalue weighted by Crippen LogP contribution is -2.12. The van der Waals surface area contributed by atoms with Gasteiger partial charge in [0.05, 0.1) is 19.4 Å². The molecule has 0 N–H and O–H groups in total. The van der Waals surface area contributed by atoms with Crippen molar-refractivity contribution >= 4 is 12.2 Å². The van der Waals surface area contributed by atoms with Gasteiger partial charge >= 0.3 is 5.97 Å². The van der Waals surface area contributed by atoms with Crippen LogP contribution in [0.4, 0.5) is 0 Å². The molecule has 0 aliphatic rings. The number of carbonyl (C=O) groups is 1. The highest BCUT2D eigenvalue weighted by atomic mass is 16.5. The van der Waals surface area contributed by atoms with Crippen LogP contribution in [0.2, 0.25) is 0 Å². The Balaban J connectivity index is 3.08. The van der Waals surface area contributed by atoms with Crippen LogP contribution in [0, 0.1) is 11.3 Å². The first-order valence-electron chi connectivity index (χ1n) is 7.87. The molecule has 0 saturated heterocycles. The minimum Gasteiger partial charge on any atom is -0.477 e. The molecule has 0 unspecified atom stereocenters. The summed E-state index contributed by atoms with van der Waals surface area (Å²) in [7, 11) is 0. The number of allylic oxidation sites excluding steroid dienone is 1. The highest BCUT2D eigenvalue weighted by molar-refractivity contribution is 5.91. The van der Waals surface area contributed by atoms with Crippen molar-refractivity contribution in [3.8, 4) is 5.88 Å². The summed E-state index contributed by atoms with van der Waals surface area (Å²) in [5.41, 5.74) is 0.423. The molecule has 0 spiro atoms. The van der Waals surface area contributed by atoms with E-state index in [4.69, 9.17) is 9.47 Å². The van der Waals surface area contributed by atoms with Crippen LogP contribution in [0.3, 0.4) is 0 Å². The van der Waals surface area contributed by atoms with Gasteiger partial charge in [0, 0.05) is 6.20 Å². The first-order valence-corrected chi connectivity index (χ1v) is 7.87. The second-order valence-corrected chi connectivity index (χ2v) is 6.39. The second-order valence-electron chi connectivity index (χ2n) is 6.39. The minimum absolute atomic E-state index is 0.0609. The van der Waals surface area contributed by atoms with Crippen LogP contribution in [0.15, 0.2) is 12.3 Å². The monoisotopic (exact) mass is 308 g/mol. The van der Waals surface area contributed by atoms with E-state index in [-0.39, 0.29) is 5.41 Å². The summed E-state index contributed by atoms with van der Waals surface area (Å²) in [6, 6.07) is 0. The molecule has 0 bridgehead atoms. The van der Waals surface area contributed by atoms with Gasteiger partial charge in [-0.05, 0) is 24.7 Å². The Morgan fingerprint density at radius 2 is 2.09 bits per heavy atom. The summed E-state index contributed by atoms with van der Waals surface area (Å²) in [4.78, 5) is 12.0. The van der Waals surface area contributed by atoms with Gasteiger partial charge in [0.15, 0.2) is 0 Å². The summed E-state index contributed by atoms with van der Waals surface area (Å²) in [5, 5.41) is 4.24. The Kier molecular flexibility index (Phi) is 6.65. The van der Waals surface area contributed by atoms with E-state index in [1.165, 1.54) is 6.20 Å². The van der Waals surface area contributed by atoms with Gasteiger partial charge in [0.1, 0.15) is 5.56 Å². The van der Waals surface area contributed by atoms with Gasteiger partial charge in [0.25, 0.3) is 0 Å². The number of hydrogen-bond acceptors (Lipinski definition) is 4. The molecule has 124 valence electrons. The van der Waals surface area contributed by atoms with Crippen molar-refractivity contribution in [3.63, 3.8) is 0 Å². The quantitative estimate of drug-likeness (QED) is 0.681. The van der Waals surface area contributed by atoms with Crippen LogP contribution >= 0.6 is 0 Å². The van der Waals surface area contributed by atoms with Crippen LogP contribution in [0.1, 0.15) is 58.3 Å². The van der Waals surface area contributed by atoms with Crippen molar-refractivity contribution in [3.05, 3.63) is 17.8 Å². The molecule has 0 atom stereocenters. The summed E-state index contributed by atoms with van der Waals surface area (Å²) in [6.07, 6.45) is 6.42. The SMILES string of the molecule is CCOC(=O)c1cnn(/C=C/C(C)(C)CC)c1OCC(C)C. The second kappa shape index (κ2) is 8.01. The molecule has 22 heavy (non-hydrogen) atoms. The summed E-state index contributed by atoms with van der Waals surface area (Å²) in [5.74, 6) is 0.389. The molecule has 5 heteroatoms.